The second-order valence-corrected chi connectivity index (χ2v) is 33.1. The number of aromatic nitrogens is 2. The fraction of sp³-hybridized carbons (Fsp3) is 0. The van der Waals surface area contributed by atoms with Crippen LogP contribution in [-0.2, 0) is 0 Å². The predicted molar refractivity (Wildman–Crippen MR) is 576 cm³/mol. The van der Waals surface area contributed by atoms with Crippen LogP contribution in [0.5, 0.6) is 0 Å². The maximum atomic E-state index is 9.81. The molecule has 0 spiro atoms. The maximum Gasteiger partial charge on any atom is 0.0645 e. The van der Waals surface area contributed by atoms with E-state index in [0.29, 0.717) is 22.5 Å². The van der Waals surface area contributed by atoms with Crippen molar-refractivity contribution >= 4 is 77.7 Å². The molecule has 2 aromatic heterocycles. The van der Waals surface area contributed by atoms with E-state index < -0.39 is 136 Å². The Balaban J connectivity index is 0.000000172. The molecule has 4 heteroatoms. The molecule has 24 aromatic rings. The van der Waals surface area contributed by atoms with Crippen LogP contribution < -0.4 is 9.80 Å². The van der Waals surface area contributed by atoms with Crippen molar-refractivity contribution in [2.75, 3.05) is 9.80 Å². The highest BCUT2D eigenvalue weighted by atomic mass is 15.1. The van der Waals surface area contributed by atoms with Gasteiger partial charge in [-0.1, -0.05) is 412 Å². The van der Waals surface area contributed by atoms with Crippen molar-refractivity contribution in [1.29, 1.82) is 0 Å². The predicted octanol–water partition coefficient (Wildman–Crippen LogP) is 36.5. The molecule has 22 aromatic carbocycles. The van der Waals surface area contributed by atoms with E-state index >= 15 is 0 Å². The average molecular weight is 1760 g/mol. The topological polar surface area (TPSA) is 16.3 Å². The molecule has 0 aliphatic carbocycles. The molecule has 0 atom stereocenters. The first-order chi connectivity index (χ1) is 76.2. The van der Waals surface area contributed by atoms with Crippen LogP contribution in [0.3, 0.4) is 0 Å². The molecular formula is C132H92N4. The summed E-state index contributed by atoms with van der Waals surface area (Å²) < 4.78 is 199. The quantitative estimate of drug-likeness (QED) is 0.0756. The highest BCUT2D eigenvalue weighted by Crippen LogP contribution is 2.45. The Morgan fingerprint density at radius 3 is 0.654 bits per heavy atom. The standard InChI is InChI=1S/2C66H46N2/c2*1-4-13-47(14-5-1)50-23-25-51(26-24-50)53-27-36-59(37-28-53)67(60-38-31-54(32-39-60)57-20-12-19-56(45-57)49-17-8-3-9-18-49)61-40-33-55(34-41-61)58-35-44-66-64(46-58)63-21-10-11-22-65(63)68(66)62-42-29-52(30-43-62)48-15-6-2-7-16-48/h2*1-46H/i1D,4D,5D,13D,14D,23D,24D,25D,26D,27D,28D,33D,34D,36D,37D,40D,41D;33D,34D,40D,41D. The lowest BCUT2D eigenvalue weighted by Crippen LogP contribution is -2.09. The van der Waals surface area contributed by atoms with E-state index in [1.54, 1.807) is 30.3 Å². The number of benzene rings is 22. The minimum Gasteiger partial charge on any atom is -0.311 e. The molecule has 0 aliphatic rings. The van der Waals surface area contributed by atoms with E-state index in [1.807, 2.05) is 248 Å². The average Bonchev–Trinajstić information content (AvgIpc) is 1.39. The van der Waals surface area contributed by atoms with Crippen LogP contribution in [0.15, 0.2) is 558 Å². The molecule has 0 fully saturated rings. The third-order valence-corrected chi connectivity index (χ3v) is 24.8. The summed E-state index contributed by atoms with van der Waals surface area (Å²) in [5.41, 5.74) is 21.7. The van der Waals surface area contributed by atoms with Crippen LogP contribution in [0.2, 0.25) is 0 Å². The van der Waals surface area contributed by atoms with Gasteiger partial charge < -0.3 is 18.9 Å². The Labute approximate surface area is 823 Å². The molecular weight excluding hydrogens is 1640 g/mol. The van der Waals surface area contributed by atoms with E-state index in [2.05, 4.69) is 167 Å². The number of fused-ring (bicyclic) bond motifs is 6. The summed E-state index contributed by atoms with van der Waals surface area (Å²) in [4.78, 5) is 2.99. The number of nitrogens with zero attached hydrogens (tertiary/aromatic N) is 4. The lowest BCUT2D eigenvalue weighted by Gasteiger charge is -2.26. The molecule has 0 amide bonds. The number of hydrogen-bond acceptors (Lipinski definition) is 2. The van der Waals surface area contributed by atoms with Crippen molar-refractivity contribution in [3.63, 3.8) is 0 Å². The largest absolute Gasteiger partial charge is 0.311 e. The molecule has 2 heterocycles. The van der Waals surface area contributed by atoms with Gasteiger partial charge in [-0.25, -0.2) is 0 Å². The van der Waals surface area contributed by atoms with Gasteiger partial charge in [0.05, 0.1) is 50.9 Å². The van der Waals surface area contributed by atoms with Crippen molar-refractivity contribution in [1.82, 2.24) is 9.13 Å². The Morgan fingerprint density at radius 2 is 0.338 bits per heavy atom. The molecule has 0 unspecified atom stereocenters. The monoisotopic (exact) mass is 1750 g/mol. The fourth-order valence-corrected chi connectivity index (χ4v) is 18.0. The van der Waals surface area contributed by atoms with Crippen LogP contribution in [-0.4, -0.2) is 9.13 Å². The van der Waals surface area contributed by atoms with Crippen molar-refractivity contribution in [3.8, 4) is 145 Å². The Hall–Kier alpha value is -18.0. The van der Waals surface area contributed by atoms with Crippen LogP contribution in [0, 0.1) is 0 Å². The molecule has 0 saturated carbocycles. The normalized spacial score (nSPS) is 13.4. The summed E-state index contributed by atoms with van der Waals surface area (Å²) in [7, 11) is 0. The summed E-state index contributed by atoms with van der Waals surface area (Å²) >= 11 is 0. The third-order valence-electron chi connectivity index (χ3n) is 24.8. The van der Waals surface area contributed by atoms with Gasteiger partial charge in [0.2, 0.25) is 0 Å². The molecule has 0 aliphatic heterocycles. The van der Waals surface area contributed by atoms with Gasteiger partial charge in [-0.3, -0.25) is 0 Å². The van der Waals surface area contributed by atoms with Gasteiger partial charge >= 0.3 is 0 Å². The fourth-order valence-electron chi connectivity index (χ4n) is 18.0. The van der Waals surface area contributed by atoms with E-state index in [4.69, 9.17) is 12.3 Å². The van der Waals surface area contributed by atoms with Crippen molar-refractivity contribution < 1.29 is 28.8 Å². The van der Waals surface area contributed by atoms with Gasteiger partial charge in [-0.15, -0.1) is 0 Å². The zero-order valence-corrected chi connectivity index (χ0v) is 73.3. The van der Waals surface area contributed by atoms with Gasteiger partial charge in [0.1, 0.15) is 0 Å². The molecule has 0 radical (unpaired) electrons. The Morgan fingerprint density at radius 1 is 0.132 bits per heavy atom. The van der Waals surface area contributed by atoms with Crippen molar-refractivity contribution in [2.45, 2.75) is 0 Å². The van der Waals surface area contributed by atoms with Gasteiger partial charge in [-0.05, 0) is 279 Å². The molecule has 136 heavy (non-hydrogen) atoms. The number of anilines is 6. The number of para-hydroxylation sites is 2. The summed E-state index contributed by atoms with van der Waals surface area (Å²) in [6, 6.07) is 130. The highest BCUT2D eigenvalue weighted by Gasteiger charge is 2.22. The minimum atomic E-state index is -0.879. The number of rotatable bonds is 20. The van der Waals surface area contributed by atoms with Gasteiger partial charge in [0.25, 0.3) is 0 Å². The van der Waals surface area contributed by atoms with Crippen LogP contribution in [0.4, 0.5) is 34.1 Å². The van der Waals surface area contributed by atoms with Crippen LogP contribution in [0.1, 0.15) is 28.8 Å². The van der Waals surface area contributed by atoms with E-state index in [0.717, 1.165) is 149 Å². The Bertz CT molecular complexity index is 9610. The van der Waals surface area contributed by atoms with Gasteiger partial charge in [0, 0.05) is 67.0 Å². The van der Waals surface area contributed by atoms with Crippen LogP contribution >= 0.6 is 0 Å². The lowest BCUT2D eigenvalue weighted by molar-refractivity contribution is 1.18. The molecule has 0 bridgehead atoms. The second kappa shape index (κ2) is 37.1. The first kappa shape index (κ1) is 62.3. The minimum absolute atomic E-state index is 0.0383. The second-order valence-electron chi connectivity index (χ2n) is 33.1. The zero-order chi connectivity index (χ0) is 109. The van der Waals surface area contributed by atoms with E-state index in [-0.39, 0.29) is 46.7 Å². The molecule has 4 nitrogen and oxygen atoms in total. The Kier molecular flexibility index (Phi) is 17.0. The first-order valence-electron chi connectivity index (χ1n) is 55.4. The summed E-state index contributed by atoms with van der Waals surface area (Å²) in [5.74, 6) is 0. The van der Waals surface area contributed by atoms with E-state index in [1.165, 1.54) is 0 Å². The SMILES string of the molecule is [2H]c1c([2H])c(N(c2ccc(-c3ccc(-c4ccccc4)cc3)cc2)c2ccc(-c3cccc(-c4ccccc4)c3)cc2)c([2H])c([2H])c1-c1ccc2c(c1)c1ccccc1n2-c1ccc(-c2ccccc2)cc1.[2H]c1c([2H])c([2H])c(-c2c([2H])c([2H])c(-c3c([2H])c([2H])c(N(c4ccc(-c5cccc(-c6ccccc6)c5)cc4)c4c([2H])c([2H])c(-c5ccc6c(c5)c5ccccc5n6-c5ccc(-c6ccccc6)cc5)c([2H])c4[2H])c([2H])c3[2H])c([2H])c2[2H])c([2H])c1[2H]. The van der Waals surface area contributed by atoms with E-state index in [9.17, 15) is 16.4 Å². The highest BCUT2D eigenvalue weighted by molar-refractivity contribution is 6.12. The smallest absolute Gasteiger partial charge is 0.0645 e. The van der Waals surface area contributed by atoms with Crippen molar-refractivity contribution in [2.24, 2.45) is 0 Å². The van der Waals surface area contributed by atoms with Crippen molar-refractivity contribution in [3.05, 3.63) is 558 Å². The first-order valence-corrected chi connectivity index (χ1v) is 44.9. The van der Waals surface area contributed by atoms with Gasteiger partial charge in [0.15, 0.2) is 0 Å². The lowest BCUT2D eigenvalue weighted by atomic mass is 9.98. The van der Waals surface area contributed by atoms with Gasteiger partial charge in [-0.2, -0.15) is 0 Å². The summed E-state index contributed by atoms with van der Waals surface area (Å²) in [6.45, 7) is 0. The summed E-state index contributed by atoms with van der Waals surface area (Å²) in [6.07, 6.45) is 0. The molecule has 640 valence electrons. The molecule has 0 N–H and O–H groups in total. The summed E-state index contributed by atoms with van der Waals surface area (Å²) in [5, 5.41) is 3.66. The molecule has 24 rings (SSSR count). The maximum absolute atomic E-state index is 9.81. The zero-order valence-electron chi connectivity index (χ0n) is 94.3. The van der Waals surface area contributed by atoms with Crippen LogP contribution in [0.25, 0.3) is 189 Å². The number of hydrogen-bond donors (Lipinski definition) is 0. The molecule has 0 saturated heterocycles. The third kappa shape index (κ3) is 16.8.